The van der Waals surface area contributed by atoms with Crippen LogP contribution >= 0.6 is 23.4 Å². The summed E-state index contributed by atoms with van der Waals surface area (Å²) in [7, 11) is 0. The molecule has 3 N–H and O–H groups in total. The molecule has 0 aliphatic rings. The van der Waals surface area contributed by atoms with Crippen molar-refractivity contribution in [1.82, 2.24) is 5.32 Å². The van der Waals surface area contributed by atoms with E-state index in [0.717, 1.165) is 4.90 Å². The molecule has 0 bridgehead atoms. The van der Waals surface area contributed by atoms with Crippen molar-refractivity contribution in [2.45, 2.75) is 17.1 Å². The Balaban J connectivity index is 1.50. The number of nitrogens with one attached hydrogen (secondary N) is 3. The van der Waals surface area contributed by atoms with Crippen molar-refractivity contribution in [3.63, 3.8) is 0 Å². The lowest BCUT2D eigenvalue weighted by Gasteiger charge is -2.14. The zero-order chi connectivity index (χ0) is 30.1. The van der Waals surface area contributed by atoms with Gasteiger partial charge in [0, 0.05) is 28.3 Å². The lowest BCUT2D eigenvalue weighted by molar-refractivity contribution is -0.384. The summed E-state index contributed by atoms with van der Waals surface area (Å²) in [5, 5.41) is 19.2. The number of halogens is 1. The largest absolute Gasteiger partial charge is 0.324 e. The molecule has 0 aliphatic heterocycles. The lowest BCUT2D eigenvalue weighted by atomic mass is 10.1. The molecule has 4 rings (SSSR count). The number of thioether (sulfide) groups is 1. The highest BCUT2D eigenvalue weighted by Gasteiger charge is 2.18. The first-order valence-electron chi connectivity index (χ1n) is 12.7. The lowest BCUT2D eigenvalue weighted by Crippen LogP contribution is -2.30. The number of nitro benzene ring substituents is 1. The molecule has 212 valence electrons. The van der Waals surface area contributed by atoms with Crippen LogP contribution < -0.4 is 16.0 Å². The number of hydrogen-bond donors (Lipinski definition) is 3. The van der Waals surface area contributed by atoms with Crippen LogP contribution in [0.15, 0.2) is 114 Å². The minimum Gasteiger partial charge on any atom is -0.324 e. The number of para-hydroxylation sites is 1. The van der Waals surface area contributed by atoms with Crippen LogP contribution in [0, 0.1) is 10.1 Å². The SMILES string of the molecule is CC(Sc1cccc(NC(=O)/C(=C\c2ccc([N+](=O)[O-])cc2)NC(=O)c2ccccc2)c1)C(=O)Nc1ccccc1Cl. The summed E-state index contributed by atoms with van der Waals surface area (Å²) in [5.74, 6) is -1.34. The van der Waals surface area contributed by atoms with E-state index in [1.54, 1.807) is 79.7 Å². The average Bonchev–Trinajstić information content (AvgIpc) is 2.98. The van der Waals surface area contributed by atoms with Crippen LogP contribution in [0.25, 0.3) is 6.08 Å². The molecule has 0 spiro atoms. The molecule has 11 heteroatoms. The molecule has 1 unspecified atom stereocenters. The molecule has 3 amide bonds. The fraction of sp³-hybridized carbons (Fsp3) is 0.0645. The van der Waals surface area contributed by atoms with Gasteiger partial charge in [-0.2, -0.15) is 0 Å². The number of anilines is 2. The molecule has 0 aromatic heterocycles. The van der Waals surface area contributed by atoms with Gasteiger partial charge in [0.05, 0.1) is 20.9 Å². The number of carbonyl (C=O) groups excluding carboxylic acids is 3. The van der Waals surface area contributed by atoms with Gasteiger partial charge in [0.25, 0.3) is 17.5 Å². The van der Waals surface area contributed by atoms with E-state index >= 15 is 0 Å². The Kier molecular flexibility index (Phi) is 10.1. The summed E-state index contributed by atoms with van der Waals surface area (Å²) >= 11 is 7.44. The summed E-state index contributed by atoms with van der Waals surface area (Å²) < 4.78 is 0. The van der Waals surface area contributed by atoms with E-state index in [4.69, 9.17) is 11.6 Å². The van der Waals surface area contributed by atoms with Gasteiger partial charge in [-0.25, -0.2) is 0 Å². The van der Waals surface area contributed by atoms with Crippen LogP contribution in [0.3, 0.4) is 0 Å². The second-order valence-electron chi connectivity index (χ2n) is 8.94. The van der Waals surface area contributed by atoms with E-state index in [1.165, 1.54) is 42.1 Å². The van der Waals surface area contributed by atoms with Crippen LogP contribution in [0.4, 0.5) is 17.1 Å². The number of benzene rings is 4. The number of non-ortho nitro benzene ring substituents is 1. The highest BCUT2D eigenvalue weighted by molar-refractivity contribution is 8.00. The quantitative estimate of drug-likeness (QED) is 0.0796. The number of hydrogen-bond acceptors (Lipinski definition) is 6. The minimum atomic E-state index is -0.607. The number of rotatable bonds is 10. The zero-order valence-electron chi connectivity index (χ0n) is 22.2. The van der Waals surface area contributed by atoms with E-state index in [-0.39, 0.29) is 17.3 Å². The molecule has 1 atom stereocenters. The van der Waals surface area contributed by atoms with Gasteiger partial charge in [-0.3, -0.25) is 24.5 Å². The standard InChI is InChI=1S/C31H25ClN4O5S/c1-20(29(37)34-27-13-6-5-12-26(27)32)42-25-11-7-10-23(19-25)33-31(39)28(35-30(38)22-8-3-2-4-9-22)18-21-14-16-24(17-15-21)36(40)41/h2-20H,1H3,(H,33,39)(H,34,37)(H,35,38)/b28-18+. The molecule has 4 aromatic rings. The Morgan fingerprint density at radius 2 is 1.57 bits per heavy atom. The highest BCUT2D eigenvalue weighted by Crippen LogP contribution is 2.28. The third kappa shape index (κ3) is 8.29. The Labute approximate surface area is 251 Å². The average molecular weight is 601 g/mol. The number of carbonyl (C=O) groups is 3. The fourth-order valence-electron chi connectivity index (χ4n) is 3.70. The highest BCUT2D eigenvalue weighted by atomic mass is 35.5. The summed E-state index contributed by atoms with van der Waals surface area (Å²) in [6, 6.07) is 27.9. The van der Waals surface area contributed by atoms with E-state index < -0.39 is 22.0 Å². The van der Waals surface area contributed by atoms with Crippen molar-refractivity contribution in [2.75, 3.05) is 10.6 Å². The number of nitro groups is 1. The fourth-order valence-corrected chi connectivity index (χ4v) is 4.81. The van der Waals surface area contributed by atoms with Gasteiger partial charge in [0.2, 0.25) is 5.91 Å². The van der Waals surface area contributed by atoms with Gasteiger partial charge in [0.1, 0.15) is 5.70 Å². The maximum Gasteiger partial charge on any atom is 0.272 e. The van der Waals surface area contributed by atoms with Gasteiger partial charge in [-0.05, 0) is 73.2 Å². The van der Waals surface area contributed by atoms with E-state index in [1.807, 2.05) is 6.07 Å². The van der Waals surface area contributed by atoms with Crippen molar-refractivity contribution in [3.8, 4) is 0 Å². The Hall–Kier alpha value is -4.93. The molecule has 0 radical (unpaired) electrons. The molecule has 0 saturated heterocycles. The minimum absolute atomic E-state index is 0.0664. The predicted octanol–water partition coefficient (Wildman–Crippen LogP) is 6.78. The Bertz CT molecular complexity index is 1640. The van der Waals surface area contributed by atoms with Crippen molar-refractivity contribution in [1.29, 1.82) is 0 Å². The molecule has 0 fully saturated rings. The molecule has 4 aromatic carbocycles. The molecular weight excluding hydrogens is 576 g/mol. The topological polar surface area (TPSA) is 130 Å². The van der Waals surface area contributed by atoms with Crippen LogP contribution in [-0.2, 0) is 9.59 Å². The van der Waals surface area contributed by atoms with Gasteiger partial charge < -0.3 is 16.0 Å². The molecule has 42 heavy (non-hydrogen) atoms. The molecule has 9 nitrogen and oxygen atoms in total. The normalized spacial score (nSPS) is 11.7. The van der Waals surface area contributed by atoms with Crippen LogP contribution in [0.2, 0.25) is 5.02 Å². The van der Waals surface area contributed by atoms with Gasteiger partial charge in [-0.1, -0.05) is 48.0 Å². The van der Waals surface area contributed by atoms with Crippen molar-refractivity contribution in [2.24, 2.45) is 0 Å². The van der Waals surface area contributed by atoms with Crippen molar-refractivity contribution >= 4 is 64.2 Å². The Morgan fingerprint density at radius 3 is 2.26 bits per heavy atom. The smallest absolute Gasteiger partial charge is 0.272 e. The zero-order valence-corrected chi connectivity index (χ0v) is 23.8. The molecule has 0 aliphatic carbocycles. The van der Waals surface area contributed by atoms with Crippen molar-refractivity contribution in [3.05, 3.63) is 135 Å². The third-order valence-corrected chi connectivity index (χ3v) is 7.27. The molecular formula is C31H25ClN4O5S. The second-order valence-corrected chi connectivity index (χ2v) is 10.8. The monoisotopic (exact) mass is 600 g/mol. The van der Waals surface area contributed by atoms with Crippen molar-refractivity contribution < 1.29 is 19.3 Å². The van der Waals surface area contributed by atoms with Gasteiger partial charge in [0.15, 0.2) is 0 Å². The number of nitrogens with zero attached hydrogens (tertiary/aromatic N) is 1. The summed E-state index contributed by atoms with van der Waals surface area (Å²) in [4.78, 5) is 50.2. The maximum absolute atomic E-state index is 13.4. The summed E-state index contributed by atoms with van der Waals surface area (Å²) in [6.45, 7) is 1.76. The number of amides is 3. The van der Waals surface area contributed by atoms with E-state index in [2.05, 4.69) is 16.0 Å². The van der Waals surface area contributed by atoms with Gasteiger partial charge >= 0.3 is 0 Å². The summed E-state index contributed by atoms with van der Waals surface area (Å²) in [6.07, 6.45) is 1.43. The Morgan fingerprint density at radius 1 is 0.881 bits per heavy atom. The van der Waals surface area contributed by atoms with Crippen LogP contribution in [0.5, 0.6) is 0 Å². The third-order valence-electron chi connectivity index (χ3n) is 5.85. The first kappa shape index (κ1) is 30.0. The van der Waals surface area contributed by atoms with Gasteiger partial charge in [-0.15, -0.1) is 11.8 Å². The molecule has 0 heterocycles. The first-order valence-corrected chi connectivity index (χ1v) is 13.9. The van der Waals surface area contributed by atoms with Crippen LogP contribution in [0.1, 0.15) is 22.8 Å². The van der Waals surface area contributed by atoms with Crippen LogP contribution in [-0.4, -0.2) is 27.9 Å². The summed E-state index contributed by atoms with van der Waals surface area (Å²) in [5.41, 5.74) is 1.61. The van der Waals surface area contributed by atoms with E-state index in [0.29, 0.717) is 27.5 Å². The van der Waals surface area contributed by atoms with E-state index in [9.17, 15) is 24.5 Å². The first-order chi connectivity index (χ1) is 20.2. The second kappa shape index (κ2) is 14.1. The molecule has 0 saturated carbocycles. The maximum atomic E-state index is 13.4. The predicted molar refractivity (Wildman–Crippen MR) is 165 cm³/mol.